The van der Waals surface area contributed by atoms with Gasteiger partial charge in [-0.15, -0.1) is 0 Å². The third-order valence-corrected chi connectivity index (χ3v) is 22.9. The Bertz CT molecular complexity index is 8310. The van der Waals surface area contributed by atoms with E-state index in [1.54, 1.807) is 24.3 Å². The van der Waals surface area contributed by atoms with Crippen LogP contribution in [0.4, 0.5) is 0 Å². The van der Waals surface area contributed by atoms with Crippen molar-refractivity contribution in [1.29, 1.82) is 0 Å². The molecule has 0 aliphatic heterocycles. The molecule has 0 aliphatic rings. The molecule has 128 heavy (non-hydrogen) atoms. The molecule has 0 amide bonds. The summed E-state index contributed by atoms with van der Waals surface area (Å²) in [6, 6.07) is 129. The highest BCUT2D eigenvalue weighted by Crippen LogP contribution is 2.40. The Morgan fingerprint density at radius 2 is 0.461 bits per heavy atom. The molecule has 16 nitrogen and oxygen atoms in total. The highest BCUT2D eigenvalue weighted by Gasteiger charge is 2.23. The topological polar surface area (TPSA) is 236 Å². The zero-order valence-electron chi connectivity index (χ0n) is 67.8. The zero-order chi connectivity index (χ0) is 86.7. The molecule has 24 rings (SSSR count). The Balaban J connectivity index is 0.000000107. The monoisotopic (exact) mass is 1720 g/mol. The van der Waals surface area contributed by atoms with Gasteiger partial charge in [-0.1, -0.05) is 322 Å². The third kappa shape index (κ3) is 17.0. The van der Waals surface area contributed by atoms with E-state index in [4.69, 9.17) is 78.0 Å². The van der Waals surface area contributed by atoms with Crippen molar-refractivity contribution < 1.29 is 33.3 Å². The second-order valence-corrected chi connectivity index (χ2v) is 31.4. The Kier molecular flexibility index (Phi) is 22.5. The van der Waals surface area contributed by atoms with E-state index in [0.717, 1.165) is 137 Å². The highest BCUT2D eigenvalue weighted by molar-refractivity contribution is 6.63. The molecule has 24 aromatic rings. The smallest absolute Gasteiger partial charge is 0.456 e. The van der Waals surface area contributed by atoms with Gasteiger partial charge in [0.15, 0.2) is 34.9 Å². The standard InChI is InChI=1S/C41H25N3O.C25H14ClN3O.C16H13BO2.C13H7Cl2N3.C12H9BO3/c1-3-10-30-24-32(22-18-26(30)8-1)28-16-20-29(21-17-28)39-42-40(33-23-19-27-9-2-4-11-31(27)25-33)44-41(43-39)35-13-7-15-37-38(35)34-12-5-6-14-36(34)45-37;26-25-28-23(17-13-12-15-6-1-2-7-16(15)14-17)27-24(29-25)19-9-5-11-21-22(19)18-8-3-4-10-20(18)30-21;18-17(19)16-9-7-13(8-10-16)15-6-5-12-3-1-2-4-14(12)11-15;14-12-16-11(17-13(15)18-12)10-6-5-8-3-1-2-4-9(8)7-10;14-13(15)9-5-3-7-11-12(9)8-4-1-2-6-10(8)16-11/h1-25H;1-14H;1-11,18-19H;1-7H;1-7,14-15H. The molecule has 610 valence electrons. The van der Waals surface area contributed by atoms with Crippen molar-refractivity contribution >= 4 is 180 Å². The molecule has 0 radical (unpaired) electrons. The van der Waals surface area contributed by atoms with Crippen LogP contribution in [0.5, 0.6) is 0 Å². The molecule has 0 fully saturated rings. The van der Waals surface area contributed by atoms with Gasteiger partial charge in [0, 0.05) is 65.7 Å². The van der Waals surface area contributed by atoms with E-state index in [9.17, 15) is 10.0 Å². The summed E-state index contributed by atoms with van der Waals surface area (Å²) < 4.78 is 17.8. The average molecular weight is 1720 g/mol. The van der Waals surface area contributed by atoms with Crippen LogP contribution in [-0.2, 0) is 0 Å². The molecule has 0 saturated heterocycles. The maximum atomic E-state index is 9.31. The van der Waals surface area contributed by atoms with Crippen molar-refractivity contribution in [2.45, 2.75) is 0 Å². The fourth-order valence-electron chi connectivity index (χ4n) is 16.1. The first-order chi connectivity index (χ1) is 62.8. The Morgan fingerprint density at radius 1 is 0.195 bits per heavy atom. The van der Waals surface area contributed by atoms with Crippen molar-refractivity contribution in [2.75, 3.05) is 0 Å². The molecule has 6 heterocycles. The van der Waals surface area contributed by atoms with Gasteiger partial charge in [0.05, 0.1) is 0 Å². The predicted octanol–water partition coefficient (Wildman–Crippen LogP) is 25.1. The number of benzene rings is 18. The van der Waals surface area contributed by atoms with E-state index in [0.29, 0.717) is 51.5 Å². The molecule has 0 atom stereocenters. The summed E-state index contributed by atoms with van der Waals surface area (Å²) in [5, 5.41) is 54.6. The predicted molar refractivity (Wildman–Crippen MR) is 520 cm³/mol. The third-order valence-electron chi connectivity index (χ3n) is 22.4. The van der Waals surface area contributed by atoms with E-state index in [1.807, 2.05) is 188 Å². The highest BCUT2D eigenvalue weighted by atomic mass is 35.5. The summed E-state index contributed by atoms with van der Waals surface area (Å²) in [7, 11) is -2.89. The Hall–Kier alpha value is -15.5. The van der Waals surface area contributed by atoms with Crippen LogP contribution in [0.2, 0.25) is 15.9 Å². The minimum absolute atomic E-state index is 0.0955. The largest absolute Gasteiger partial charge is 0.489 e. The molecule has 18 aromatic carbocycles. The lowest BCUT2D eigenvalue weighted by molar-refractivity contribution is 0.424. The molecule has 21 heteroatoms. The SMILES string of the molecule is Clc1nc(-c2ccc3ccccc3c2)nc(-c2cccc3oc4ccccc4c23)n1.Clc1nc(Cl)nc(-c2ccc3ccccc3c2)n1.OB(O)c1ccc(-c2ccc3ccccc3c2)cc1.OB(O)c1cccc2oc3ccccc3c12.c1ccc2cc(-c3ccc(-c4nc(-c5ccc6ccccc6c5)nc(-c5cccc6oc7ccccc7c56)n4)cc3)ccc2c1. The van der Waals surface area contributed by atoms with Crippen LogP contribution >= 0.6 is 34.8 Å². The molecular weight excluding hydrogens is 1650 g/mol. The fourth-order valence-corrected chi connectivity index (χ4v) is 16.7. The summed E-state index contributed by atoms with van der Waals surface area (Å²) in [5.74, 6) is 3.41. The number of para-hydroxylation sites is 3. The van der Waals surface area contributed by atoms with Crippen LogP contribution in [0.15, 0.2) is 401 Å². The number of hydrogen-bond acceptors (Lipinski definition) is 16. The maximum Gasteiger partial charge on any atom is 0.489 e. The van der Waals surface area contributed by atoms with Gasteiger partial charge in [-0.25, -0.2) is 19.9 Å². The second-order valence-electron chi connectivity index (χ2n) is 30.4. The number of aromatic nitrogens is 9. The van der Waals surface area contributed by atoms with Gasteiger partial charge in [-0.2, -0.15) is 24.9 Å². The van der Waals surface area contributed by atoms with Crippen molar-refractivity contribution in [3.05, 3.63) is 404 Å². The first-order valence-electron chi connectivity index (χ1n) is 41.1. The number of halogens is 3. The first kappa shape index (κ1) is 80.9. The van der Waals surface area contributed by atoms with Crippen LogP contribution in [0.1, 0.15) is 0 Å². The molecule has 0 spiro atoms. The van der Waals surface area contributed by atoms with Crippen LogP contribution in [0, 0.1) is 0 Å². The van der Waals surface area contributed by atoms with Gasteiger partial charge >= 0.3 is 14.2 Å². The number of hydrogen-bond donors (Lipinski definition) is 4. The van der Waals surface area contributed by atoms with Crippen LogP contribution < -0.4 is 10.9 Å². The lowest BCUT2D eigenvalue weighted by atomic mass is 9.77. The van der Waals surface area contributed by atoms with E-state index in [2.05, 4.69) is 201 Å². The fraction of sp³-hybridized carbons (Fsp3) is 0. The Morgan fingerprint density at radius 3 is 0.859 bits per heavy atom. The van der Waals surface area contributed by atoms with E-state index >= 15 is 0 Å². The molecular formula is C107H68B2Cl3N9O7. The lowest BCUT2D eigenvalue weighted by Crippen LogP contribution is -2.30. The van der Waals surface area contributed by atoms with Gasteiger partial charge in [-0.3, -0.25) is 0 Å². The summed E-state index contributed by atoms with van der Waals surface area (Å²) in [4.78, 5) is 40.6. The minimum atomic E-state index is -1.48. The van der Waals surface area contributed by atoms with Crippen molar-refractivity contribution in [3.63, 3.8) is 0 Å². The molecule has 0 bridgehead atoms. The quantitative estimate of drug-likeness (QED) is 0.0932. The molecule has 6 aromatic heterocycles. The molecule has 0 aliphatic carbocycles. The first-order valence-corrected chi connectivity index (χ1v) is 42.2. The molecule has 0 saturated carbocycles. The maximum absolute atomic E-state index is 9.31. The van der Waals surface area contributed by atoms with Crippen LogP contribution in [0.25, 0.3) is 210 Å². The van der Waals surface area contributed by atoms with Gasteiger partial charge in [0.1, 0.15) is 33.5 Å². The van der Waals surface area contributed by atoms with Gasteiger partial charge in [-0.05, 0) is 189 Å². The number of fused-ring (bicyclic) bond motifs is 14. The van der Waals surface area contributed by atoms with Crippen molar-refractivity contribution in [3.8, 4) is 90.6 Å². The zero-order valence-corrected chi connectivity index (χ0v) is 70.0. The molecule has 0 unspecified atom stereocenters. The average Bonchev–Trinajstić information content (AvgIpc) is 1.66. The summed E-state index contributed by atoms with van der Waals surface area (Å²) in [5.41, 5.74) is 15.6. The van der Waals surface area contributed by atoms with Gasteiger partial charge in [0.25, 0.3) is 0 Å². The van der Waals surface area contributed by atoms with Crippen LogP contribution in [-0.4, -0.2) is 79.2 Å². The summed E-state index contributed by atoms with van der Waals surface area (Å²) in [6.07, 6.45) is 0. The van der Waals surface area contributed by atoms with Crippen molar-refractivity contribution in [1.82, 2.24) is 44.9 Å². The van der Waals surface area contributed by atoms with Crippen molar-refractivity contribution in [2.24, 2.45) is 0 Å². The number of rotatable bonds is 10. The number of furan rings is 3. The summed E-state index contributed by atoms with van der Waals surface area (Å²) in [6.45, 7) is 0. The van der Waals surface area contributed by atoms with E-state index in [-0.39, 0.29) is 15.9 Å². The second kappa shape index (κ2) is 35.6. The van der Waals surface area contributed by atoms with E-state index in [1.165, 1.54) is 32.5 Å². The van der Waals surface area contributed by atoms with Gasteiger partial charge in [0.2, 0.25) is 15.9 Å². The lowest BCUT2D eigenvalue weighted by Gasteiger charge is -2.10. The molecule has 4 N–H and O–H groups in total. The normalized spacial score (nSPS) is 11.2. The van der Waals surface area contributed by atoms with Gasteiger partial charge < -0.3 is 33.3 Å². The minimum Gasteiger partial charge on any atom is -0.456 e. The number of nitrogens with zero attached hydrogens (tertiary/aromatic N) is 9. The van der Waals surface area contributed by atoms with E-state index < -0.39 is 14.2 Å². The van der Waals surface area contributed by atoms with Crippen LogP contribution in [0.3, 0.4) is 0 Å². The Labute approximate surface area is 747 Å². The summed E-state index contributed by atoms with van der Waals surface area (Å²) >= 11 is 17.9.